The number of hydrogen-bond donors (Lipinski definition) is 1. The van der Waals surface area contributed by atoms with Crippen LogP contribution >= 0.6 is 0 Å². The molecule has 0 aliphatic rings. The molecule has 0 saturated carbocycles. The van der Waals surface area contributed by atoms with Crippen molar-refractivity contribution >= 4 is 34.0 Å². The lowest BCUT2D eigenvalue weighted by atomic mass is 10.2. The fourth-order valence-corrected chi connectivity index (χ4v) is 3.17. The van der Waals surface area contributed by atoms with Gasteiger partial charge < -0.3 is 9.87 Å². The van der Waals surface area contributed by atoms with Crippen LogP contribution in [0, 0.1) is 6.92 Å². The summed E-state index contributed by atoms with van der Waals surface area (Å²) in [6.45, 7) is 2.02. The molecular weight excluding hydrogens is 348 g/mol. The number of benzene rings is 2. The third kappa shape index (κ3) is 3.24. The van der Waals surface area contributed by atoms with Crippen molar-refractivity contribution in [2.45, 2.75) is 11.8 Å². The molecule has 0 radical (unpaired) electrons. The number of rotatable bonds is 4. The maximum Gasteiger partial charge on any atom is 0.229 e. The smallest absolute Gasteiger partial charge is 0.229 e. The van der Waals surface area contributed by atoms with E-state index in [1.54, 1.807) is 17.1 Å². The summed E-state index contributed by atoms with van der Waals surface area (Å²) in [6, 6.07) is 15.3. The van der Waals surface area contributed by atoms with Gasteiger partial charge in [0.2, 0.25) is 5.95 Å². The monoisotopic (exact) mass is 364 g/mol. The Kier molecular flexibility index (Phi) is 4.27. The van der Waals surface area contributed by atoms with Crippen LogP contribution in [0.5, 0.6) is 0 Å². The lowest BCUT2D eigenvalue weighted by Gasteiger charge is -2.08. The van der Waals surface area contributed by atoms with E-state index in [-0.39, 0.29) is 0 Å². The minimum absolute atomic E-state index is 0.424. The van der Waals surface area contributed by atoms with Crippen molar-refractivity contribution < 1.29 is 4.55 Å². The molecule has 2 aromatic heterocycles. The van der Waals surface area contributed by atoms with E-state index < -0.39 is 11.2 Å². The van der Waals surface area contributed by atoms with Crippen molar-refractivity contribution in [2.24, 2.45) is 0 Å². The Hall–Kier alpha value is -2.97. The van der Waals surface area contributed by atoms with Crippen LogP contribution in [0.3, 0.4) is 0 Å². The zero-order valence-corrected chi connectivity index (χ0v) is 15.1. The Bertz CT molecular complexity index is 1080. The fourth-order valence-electron chi connectivity index (χ4n) is 2.60. The number of anilines is 2. The standard InChI is InChI=1S/C18H16N6OS/c1-12-5-3-7-14(9-12)24-17-16(22-23-24)11-19-18(21-17)20-13-6-4-8-15(10-13)26(2)25/h3-11H,1-2H3,(H,19,20,21). The number of nitrogens with one attached hydrogen (secondary N) is 1. The number of aryl methyl sites for hydroxylation is 1. The van der Waals surface area contributed by atoms with Gasteiger partial charge >= 0.3 is 0 Å². The summed E-state index contributed by atoms with van der Waals surface area (Å²) >= 11 is -1.05. The average molecular weight is 364 g/mol. The molecule has 2 aromatic carbocycles. The van der Waals surface area contributed by atoms with Gasteiger partial charge in [0, 0.05) is 11.8 Å². The SMILES string of the molecule is Cc1cccc(-n2nnc3cnc(Nc4cccc([S+](C)[O-])c4)nc32)c1. The van der Waals surface area contributed by atoms with E-state index in [1.807, 2.05) is 55.5 Å². The summed E-state index contributed by atoms with van der Waals surface area (Å²) in [5, 5.41) is 11.5. The molecule has 0 bridgehead atoms. The summed E-state index contributed by atoms with van der Waals surface area (Å²) in [7, 11) is 0. The van der Waals surface area contributed by atoms with E-state index in [1.165, 1.54) is 0 Å². The Labute approximate surface area is 153 Å². The molecule has 0 amide bonds. The molecule has 7 nitrogen and oxygen atoms in total. The second-order valence-electron chi connectivity index (χ2n) is 5.85. The molecule has 2 heterocycles. The minimum Gasteiger partial charge on any atom is -0.612 e. The number of hydrogen-bond acceptors (Lipinski definition) is 6. The molecule has 0 aliphatic carbocycles. The number of aromatic nitrogens is 5. The molecule has 4 aromatic rings. The van der Waals surface area contributed by atoms with Crippen LogP contribution in [-0.2, 0) is 11.2 Å². The molecule has 1 unspecified atom stereocenters. The predicted molar refractivity (Wildman–Crippen MR) is 101 cm³/mol. The first kappa shape index (κ1) is 16.5. The molecular formula is C18H16N6OS. The van der Waals surface area contributed by atoms with Crippen LogP contribution in [-0.4, -0.2) is 35.8 Å². The Balaban J connectivity index is 1.71. The van der Waals surface area contributed by atoms with E-state index in [0.717, 1.165) is 21.8 Å². The average Bonchev–Trinajstić information content (AvgIpc) is 3.05. The maximum absolute atomic E-state index is 11.7. The molecule has 4 rings (SSSR count). The van der Waals surface area contributed by atoms with E-state index in [4.69, 9.17) is 0 Å². The molecule has 1 N–H and O–H groups in total. The van der Waals surface area contributed by atoms with Gasteiger partial charge in [-0.05, 0) is 47.9 Å². The van der Waals surface area contributed by atoms with Gasteiger partial charge in [-0.25, -0.2) is 4.98 Å². The highest BCUT2D eigenvalue weighted by Gasteiger charge is 2.11. The van der Waals surface area contributed by atoms with Crippen LogP contribution in [0.4, 0.5) is 11.6 Å². The Morgan fingerprint density at radius 1 is 1.12 bits per heavy atom. The summed E-state index contributed by atoms with van der Waals surface area (Å²) in [4.78, 5) is 9.58. The van der Waals surface area contributed by atoms with E-state index in [0.29, 0.717) is 17.1 Å². The zero-order valence-electron chi connectivity index (χ0n) is 14.2. The summed E-state index contributed by atoms with van der Waals surface area (Å²) < 4.78 is 13.3. The molecule has 1 atom stereocenters. The summed E-state index contributed by atoms with van der Waals surface area (Å²) in [6.07, 6.45) is 3.28. The predicted octanol–water partition coefficient (Wildman–Crippen LogP) is 3.00. The molecule has 0 spiro atoms. The summed E-state index contributed by atoms with van der Waals surface area (Å²) in [5.41, 5.74) is 4.01. The van der Waals surface area contributed by atoms with Gasteiger partial charge in [-0.1, -0.05) is 23.4 Å². The van der Waals surface area contributed by atoms with Gasteiger partial charge in [0.15, 0.2) is 16.1 Å². The number of nitrogens with zero attached hydrogens (tertiary/aromatic N) is 5. The maximum atomic E-state index is 11.7. The number of fused-ring (bicyclic) bond motifs is 1. The fraction of sp³-hybridized carbons (Fsp3) is 0.111. The second-order valence-corrected chi connectivity index (χ2v) is 7.23. The van der Waals surface area contributed by atoms with Crippen molar-refractivity contribution in [1.82, 2.24) is 25.0 Å². The minimum atomic E-state index is -1.05. The molecule has 26 heavy (non-hydrogen) atoms. The zero-order chi connectivity index (χ0) is 18.1. The van der Waals surface area contributed by atoms with Crippen LogP contribution in [0.25, 0.3) is 16.9 Å². The normalized spacial score (nSPS) is 12.3. The van der Waals surface area contributed by atoms with Gasteiger partial charge in [-0.15, -0.1) is 5.10 Å². The summed E-state index contributed by atoms with van der Waals surface area (Å²) in [5.74, 6) is 0.424. The van der Waals surface area contributed by atoms with Crippen LogP contribution < -0.4 is 5.32 Å². The Morgan fingerprint density at radius 2 is 1.96 bits per heavy atom. The van der Waals surface area contributed by atoms with Gasteiger partial charge in [0.1, 0.15) is 6.26 Å². The third-order valence-electron chi connectivity index (χ3n) is 3.86. The quantitative estimate of drug-likeness (QED) is 0.560. The van der Waals surface area contributed by atoms with E-state index >= 15 is 0 Å². The first-order valence-corrected chi connectivity index (χ1v) is 9.52. The van der Waals surface area contributed by atoms with Crippen molar-refractivity contribution in [2.75, 3.05) is 11.6 Å². The molecule has 0 saturated heterocycles. The van der Waals surface area contributed by atoms with Crippen molar-refractivity contribution in [3.63, 3.8) is 0 Å². The van der Waals surface area contributed by atoms with E-state index in [2.05, 4.69) is 25.6 Å². The van der Waals surface area contributed by atoms with E-state index in [9.17, 15) is 4.55 Å². The topological polar surface area (TPSA) is 91.6 Å². The van der Waals surface area contributed by atoms with Gasteiger partial charge in [0.05, 0.1) is 11.9 Å². The molecule has 8 heteroatoms. The molecule has 130 valence electrons. The van der Waals surface area contributed by atoms with Crippen molar-refractivity contribution in [1.29, 1.82) is 0 Å². The Morgan fingerprint density at radius 3 is 2.77 bits per heavy atom. The van der Waals surface area contributed by atoms with Gasteiger partial charge in [0.25, 0.3) is 0 Å². The highest BCUT2D eigenvalue weighted by atomic mass is 32.2. The third-order valence-corrected chi connectivity index (χ3v) is 4.78. The first-order valence-electron chi connectivity index (χ1n) is 7.96. The molecule has 0 aliphatic heterocycles. The lowest BCUT2D eigenvalue weighted by Crippen LogP contribution is -2.02. The van der Waals surface area contributed by atoms with Crippen LogP contribution in [0.1, 0.15) is 5.56 Å². The molecule has 0 fully saturated rings. The first-order chi connectivity index (χ1) is 12.6. The lowest BCUT2D eigenvalue weighted by molar-refractivity contribution is 0.601. The highest BCUT2D eigenvalue weighted by Crippen LogP contribution is 2.20. The van der Waals surface area contributed by atoms with Crippen LogP contribution in [0.2, 0.25) is 0 Å². The largest absolute Gasteiger partial charge is 0.612 e. The highest BCUT2D eigenvalue weighted by molar-refractivity contribution is 7.90. The van der Waals surface area contributed by atoms with Crippen molar-refractivity contribution in [3.8, 4) is 5.69 Å². The van der Waals surface area contributed by atoms with Crippen LogP contribution in [0.15, 0.2) is 59.6 Å². The van der Waals surface area contributed by atoms with Crippen molar-refractivity contribution in [3.05, 3.63) is 60.3 Å². The van der Waals surface area contributed by atoms with Gasteiger partial charge in [-0.2, -0.15) is 9.67 Å². The second kappa shape index (κ2) is 6.74. The van der Waals surface area contributed by atoms with Gasteiger partial charge in [-0.3, -0.25) is 0 Å².